The van der Waals surface area contributed by atoms with Crippen molar-refractivity contribution in [2.45, 2.75) is 73.6 Å². The van der Waals surface area contributed by atoms with Crippen LogP contribution < -0.4 is 10.2 Å². The van der Waals surface area contributed by atoms with Gasteiger partial charge in [-0.25, -0.2) is 8.42 Å². The number of halogens is 1. The number of nitrogens with one attached hydrogen (secondary N) is 1. The predicted octanol–water partition coefficient (Wildman–Crippen LogP) is 8.69. The molecule has 1 aliphatic carbocycles. The van der Waals surface area contributed by atoms with Crippen LogP contribution in [0.3, 0.4) is 0 Å². The zero-order valence-electron chi connectivity index (χ0n) is 28.4. The van der Waals surface area contributed by atoms with Crippen LogP contribution in [0.5, 0.6) is 0 Å². The molecule has 3 aliphatic rings. The Hall–Kier alpha value is -3.93. The highest BCUT2D eigenvalue weighted by molar-refractivity contribution is 7.86. The maximum absolute atomic E-state index is 12.1. The maximum Gasteiger partial charge on any atom is 0.295 e. The third-order valence-corrected chi connectivity index (χ3v) is 13.0. The van der Waals surface area contributed by atoms with Crippen LogP contribution in [0.4, 0.5) is 11.4 Å². The molecule has 8 nitrogen and oxygen atoms in total. The molecule has 11 heteroatoms. The molecule has 0 saturated carbocycles. The lowest BCUT2D eigenvalue weighted by Crippen LogP contribution is -2.37. The molecule has 0 radical (unpaired) electrons. The Balaban J connectivity index is 1.20. The van der Waals surface area contributed by atoms with Crippen molar-refractivity contribution in [1.29, 1.82) is 0 Å². The summed E-state index contributed by atoms with van der Waals surface area (Å²) in [5, 5.41) is 6.67. The molecule has 0 fully saturated rings. The number of anilines is 2. The summed E-state index contributed by atoms with van der Waals surface area (Å²) in [5.41, 5.74) is 5.96. The normalized spacial score (nSPS) is 21.8. The molecule has 4 aromatic carbocycles. The summed E-state index contributed by atoms with van der Waals surface area (Å²) < 4.78 is 70.1. The standard InChI is InChI=1S/C39H39ClN2O6S2/c1-38(2)33(41-29-19-17-25-27(35(29)38)11-7-13-31(25)49(43,44)45)21-15-23-9-6-10-24(37(23)40)16-22-34-39(3,4)36-28-12-8-14-32(50(46,47)48)26(28)18-20-30(36)42(34)5/h7-8,11-22,34,41H,6,9-10H2,1-5H3,(H,43,44,45)(H,46,47,48)/p-1/b22-16+,23-15+,33-21+. The van der Waals surface area contributed by atoms with Crippen molar-refractivity contribution in [3.8, 4) is 0 Å². The Bertz CT molecular complexity index is 2480. The lowest BCUT2D eigenvalue weighted by Gasteiger charge is -2.30. The first kappa shape index (κ1) is 34.5. The van der Waals surface area contributed by atoms with Gasteiger partial charge in [-0.05, 0) is 88.0 Å². The van der Waals surface area contributed by atoms with Crippen molar-refractivity contribution in [3.05, 3.63) is 118 Å². The number of rotatable bonds is 5. The summed E-state index contributed by atoms with van der Waals surface area (Å²) in [6, 6.07) is 17.0. The van der Waals surface area contributed by atoms with E-state index in [-0.39, 0.29) is 21.2 Å². The molecule has 7 rings (SSSR count). The molecule has 2 aliphatic heterocycles. The monoisotopic (exact) mass is 729 g/mol. The lowest BCUT2D eigenvalue weighted by molar-refractivity contribution is 0.463. The zero-order valence-corrected chi connectivity index (χ0v) is 30.8. The van der Waals surface area contributed by atoms with E-state index in [1.54, 1.807) is 24.3 Å². The average molecular weight is 730 g/mol. The number of allylic oxidation sites excluding steroid dienone is 7. The van der Waals surface area contributed by atoms with Gasteiger partial charge in [-0.15, -0.1) is 0 Å². The first-order valence-corrected chi connectivity index (χ1v) is 19.7. The van der Waals surface area contributed by atoms with Crippen molar-refractivity contribution in [3.63, 3.8) is 0 Å². The molecule has 0 amide bonds. The third kappa shape index (κ3) is 5.49. The molecule has 1 atom stereocenters. The number of fused-ring (bicyclic) bond motifs is 6. The Labute approximate surface area is 298 Å². The Morgan fingerprint density at radius 1 is 0.860 bits per heavy atom. The second-order valence-corrected chi connectivity index (χ2v) is 17.5. The molecule has 2 N–H and O–H groups in total. The highest BCUT2D eigenvalue weighted by Crippen LogP contribution is 2.50. The van der Waals surface area contributed by atoms with Crippen LogP contribution in [0.15, 0.2) is 117 Å². The molecule has 4 aromatic rings. The topological polar surface area (TPSA) is 127 Å². The second kappa shape index (κ2) is 11.8. The molecule has 0 bridgehead atoms. The van der Waals surface area contributed by atoms with Crippen LogP contribution in [0, 0.1) is 0 Å². The molecule has 0 aromatic heterocycles. The van der Waals surface area contributed by atoms with Gasteiger partial charge in [0.25, 0.3) is 10.1 Å². The van der Waals surface area contributed by atoms with Crippen LogP contribution >= 0.6 is 11.6 Å². The van der Waals surface area contributed by atoms with Gasteiger partial charge in [-0.3, -0.25) is 4.55 Å². The van der Waals surface area contributed by atoms with Gasteiger partial charge in [0.2, 0.25) is 0 Å². The minimum Gasteiger partial charge on any atom is -0.744 e. The number of likely N-dealkylation sites (N-methyl/N-ethyl adjacent to an activating group) is 1. The highest BCUT2D eigenvalue weighted by Gasteiger charge is 2.43. The van der Waals surface area contributed by atoms with E-state index in [4.69, 9.17) is 11.6 Å². The van der Waals surface area contributed by atoms with E-state index in [1.165, 1.54) is 12.1 Å². The van der Waals surface area contributed by atoms with Crippen molar-refractivity contribution >= 4 is 64.8 Å². The maximum atomic E-state index is 12.1. The number of nitrogens with zero attached hydrogens (tertiary/aromatic N) is 1. The highest BCUT2D eigenvalue weighted by atomic mass is 35.5. The Kier molecular flexibility index (Phi) is 8.16. The van der Waals surface area contributed by atoms with E-state index in [1.807, 2.05) is 37.4 Å². The van der Waals surface area contributed by atoms with Gasteiger partial charge in [0.15, 0.2) is 0 Å². The average Bonchev–Trinajstić information content (AvgIpc) is 3.42. The van der Waals surface area contributed by atoms with E-state index < -0.39 is 25.7 Å². The number of hydrogen-bond donors (Lipinski definition) is 2. The number of hydrogen-bond acceptors (Lipinski definition) is 7. The van der Waals surface area contributed by atoms with Gasteiger partial charge in [0, 0.05) is 45.4 Å². The van der Waals surface area contributed by atoms with Crippen LogP contribution in [-0.2, 0) is 31.1 Å². The van der Waals surface area contributed by atoms with Crippen LogP contribution in [0.2, 0.25) is 0 Å². The van der Waals surface area contributed by atoms with E-state index in [0.717, 1.165) is 69.4 Å². The van der Waals surface area contributed by atoms with E-state index in [2.05, 4.69) is 56.1 Å². The second-order valence-electron chi connectivity index (χ2n) is 14.4. The zero-order chi connectivity index (χ0) is 36.0. The Morgan fingerprint density at radius 2 is 1.50 bits per heavy atom. The predicted molar refractivity (Wildman–Crippen MR) is 200 cm³/mol. The van der Waals surface area contributed by atoms with E-state index in [0.29, 0.717) is 15.8 Å². The fourth-order valence-corrected chi connectivity index (χ4v) is 9.99. The molecule has 1 unspecified atom stereocenters. The van der Waals surface area contributed by atoms with Crippen molar-refractivity contribution < 1.29 is 25.9 Å². The minimum atomic E-state index is -4.63. The summed E-state index contributed by atoms with van der Waals surface area (Å²) in [4.78, 5) is 1.89. The summed E-state index contributed by atoms with van der Waals surface area (Å²) in [6.07, 6.45) is 11.0. The van der Waals surface area contributed by atoms with Gasteiger partial charge in [-0.2, -0.15) is 8.42 Å². The van der Waals surface area contributed by atoms with Gasteiger partial charge >= 0.3 is 0 Å². The van der Waals surface area contributed by atoms with Crippen LogP contribution in [0.25, 0.3) is 21.5 Å². The van der Waals surface area contributed by atoms with Crippen LogP contribution in [-0.4, -0.2) is 39.0 Å². The minimum absolute atomic E-state index is 0.0418. The largest absolute Gasteiger partial charge is 0.744 e. The van der Waals surface area contributed by atoms with Gasteiger partial charge < -0.3 is 14.8 Å². The molecular weight excluding hydrogens is 692 g/mol. The fourth-order valence-electron chi connectivity index (χ4n) is 8.27. The van der Waals surface area contributed by atoms with Crippen molar-refractivity contribution in [1.82, 2.24) is 0 Å². The van der Waals surface area contributed by atoms with Gasteiger partial charge in [0.05, 0.1) is 10.9 Å². The Morgan fingerprint density at radius 3 is 2.18 bits per heavy atom. The molecule has 2 heterocycles. The SMILES string of the molecule is CN1c2ccc3c(S(=O)(=O)O)cccc3c2C(C)(C)C1/C=C/C1=C(Cl)C(=C/C=C2/Nc3ccc4c(S(=O)(=O)[O-])cccc4c3C2(C)C)/CCC1. The van der Waals surface area contributed by atoms with E-state index >= 15 is 0 Å². The fraction of sp³-hybridized carbons (Fsp3) is 0.282. The molecule has 0 saturated heterocycles. The molecule has 0 spiro atoms. The van der Waals surface area contributed by atoms with Gasteiger partial charge in [-0.1, -0.05) is 93.9 Å². The summed E-state index contributed by atoms with van der Waals surface area (Å²) in [5.74, 6) is 0. The summed E-state index contributed by atoms with van der Waals surface area (Å²) in [7, 11) is -6.98. The van der Waals surface area contributed by atoms with Gasteiger partial charge in [0.1, 0.15) is 15.0 Å². The molecule has 260 valence electrons. The smallest absolute Gasteiger partial charge is 0.295 e. The summed E-state index contributed by atoms with van der Waals surface area (Å²) in [6.45, 7) is 8.45. The quantitative estimate of drug-likeness (QED) is 0.196. The van der Waals surface area contributed by atoms with E-state index in [9.17, 15) is 25.9 Å². The summed E-state index contributed by atoms with van der Waals surface area (Å²) >= 11 is 7.08. The molecule has 50 heavy (non-hydrogen) atoms. The van der Waals surface area contributed by atoms with Crippen LogP contribution in [0.1, 0.15) is 58.1 Å². The number of benzene rings is 4. The van der Waals surface area contributed by atoms with Crippen molar-refractivity contribution in [2.24, 2.45) is 0 Å². The molecular formula is C39H38ClN2O6S2-. The van der Waals surface area contributed by atoms with Crippen molar-refractivity contribution in [2.75, 3.05) is 17.3 Å². The first-order valence-electron chi connectivity index (χ1n) is 16.5. The lowest BCUT2D eigenvalue weighted by atomic mass is 9.78. The third-order valence-electron chi connectivity index (χ3n) is 10.7. The first-order chi connectivity index (χ1) is 23.4.